The molecule has 0 heterocycles. The second-order valence-corrected chi connectivity index (χ2v) is 3.94. The second-order valence-electron chi connectivity index (χ2n) is 3.94. The zero-order valence-corrected chi connectivity index (χ0v) is 11.2. The van der Waals surface area contributed by atoms with Gasteiger partial charge in [-0.15, -0.1) is 13.2 Å². The highest BCUT2D eigenvalue weighted by atomic mass is 16.2. The van der Waals surface area contributed by atoms with Gasteiger partial charge >= 0.3 is 0 Å². The number of rotatable bonds is 10. The zero-order chi connectivity index (χ0) is 14.0. The summed E-state index contributed by atoms with van der Waals surface area (Å²) in [5, 5.41) is 5.99. The van der Waals surface area contributed by atoms with Gasteiger partial charge in [0.05, 0.1) is 0 Å². The van der Waals surface area contributed by atoms with Crippen molar-refractivity contribution in [1.29, 1.82) is 0 Å². The van der Waals surface area contributed by atoms with Crippen LogP contribution in [0.1, 0.15) is 13.8 Å². The van der Waals surface area contributed by atoms with Crippen LogP contribution in [0, 0.1) is 0 Å². The number of hydrogen-bond acceptors (Lipinski definition) is 4. The second kappa shape index (κ2) is 8.55. The molecule has 4 heteroatoms. The van der Waals surface area contributed by atoms with Crippen molar-refractivity contribution in [2.45, 2.75) is 19.4 Å². The van der Waals surface area contributed by atoms with Crippen molar-refractivity contribution >= 4 is 11.6 Å². The predicted octanol–water partition coefficient (Wildman–Crippen LogP) is 1.01. The molecule has 0 fully saturated rings. The first-order valence-electron chi connectivity index (χ1n) is 5.88. The molecule has 0 unspecified atom stereocenters. The lowest BCUT2D eigenvalue weighted by atomic mass is 9.89. The van der Waals surface area contributed by atoms with Crippen LogP contribution < -0.4 is 10.6 Å². The Morgan fingerprint density at radius 2 is 1.61 bits per heavy atom. The summed E-state index contributed by atoms with van der Waals surface area (Å²) in [4.78, 5) is 23.5. The van der Waals surface area contributed by atoms with Gasteiger partial charge in [-0.2, -0.15) is 0 Å². The zero-order valence-electron chi connectivity index (χ0n) is 11.2. The van der Waals surface area contributed by atoms with Gasteiger partial charge in [0.1, 0.15) is 0 Å². The molecule has 0 saturated heterocycles. The summed E-state index contributed by atoms with van der Waals surface area (Å²) in [6, 6.07) is 0. The lowest BCUT2D eigenvalue weighted by Gasteiger charge is -2.26. The lowest BCUT2D eigenvalue weighted by molar-refractivity contribution is -0.131. The minimum Gasteiger partial charge on any atom is -0.310 e. The Kier molecular flexibility index (Phi) is 7.83. The minimum absolute atomic E-state index is 0.225. The largest absolute Gasteiger partial charge is 0.310 e. The third-order valence-corrected chi connectivity index (χ3v) is 2.55. The van der Waals surface area contributed by atoms with Gasteiger partial charge in [-0.05, 0) is 13.8 Å². The first-order valence-corrected chi connectivity index (χ1v) is 5.88. The van der Waals surface area contributed by atoms with Crippen molar-refractivity contribution in [3.05, 3.63) is 37.5 Å². The number of ketones is 2. The first kappa shape index (κ1) is 16.5. The summed E-state index contributed by atoms with van der Waals surface area (Å²) in [5.74, 6) is -0.450. The average molecular weight is 250 g/mol. The molecule has 0 aromatic heterocycles. The summed E-state index contributed by atoms with van der Waals surface area (Å²) in [5.41, 5.74) is -1.25. The molecule has 0 aliphatic rings. The van der Waals surface area contributed by atoms with Crippen LogP contribution in [-0.2, 0) is 9.59 Å². The lowest BCUT2D eigenvalue weighted by Crippen LogP contribution is -2.55. The fourth-order valence-electron chi connectivity index (χ4n) is 1.53. The molecule has 0 rings (SSSR count). The average Bonchev–Trinajstić information content (AvgIpc) is 2.32. The van der Waals surface area contributed by atoms with Crippen molar-refractivity contribution < 1.29 is 9.59 Å². The Labute approximate surface area is 109 Å². The van der Waals surface area contributed by atoms with Crippen molar-refractivity contribution in [3.63, 3.8) is 0 Å². The van der Waals surface area contributed by atoms with Gasteiger partial charge in [0, 0.05) is 19.6 Å². The van der Waals surface area contributed by atoms with Crippen molar-refractivity contribution in [1.82, 2.24) is 10.6 Å². The SMILES string of the molecule is C=CCNCC=CC(NCC=C)(C(C)=O)C(C)=O. The van der Waals surface area contributed by atoms with Gasteiger partial charge in [-0.3, -0.25) is 14.9 Å². The van der Waals surface area contributed by atoms with E-state index >= 15 is 0 Å². The van der Waals surface area contributed by atoms with E-state index in [0.29, 0.717) is 19.6 Å². The van der Waals surface area contributed by atoms with Crippen molar-refractivity contribution in [2.24, 2.45) is 0 Å². The Bertz CT molecular complexity index is 332. The van der Waals surface area contributed by atoms with E-state index in [1.54, 1.807) is 24.3 Å². The number of nitrogens with one attached hydrogen (secondary N) is 2. The molecule has 0 amide bonds. The predicted molar refractivity (Wildman–Crippen MR) is 74.5 cm³/mol. The van der Waals surface area contributed by atoms with Crippen LogP contribution in [0.5, 0.6) is 0 Å². The van der Waals surface area contributed by atoms with E-state index in [2.05, 4.69) is 23.8 Å². The Morgan fingerprint density at radius 1 is 1.06 bits per heavy atom. The van der Waals surface area contributed by atoms with Crippen LogP contribution in [0.15, 0.2) is 37.5 Å². The maximum absolute atomic E-state index is 11.7. The highest BCUT2D eigenvalue weighted by Crippen LogP contribution is 2.10. The Morgan fingerprint density at radius 3 is 2.06 bits per heavy atom. The van der Waals surface area contributed by atoms with Crippen LogP contribution in [-0.4, -0.2) is 36.7 Å². The molecule has 0 aromatic carbocycles. The van der Waals surface area contributed by atoms with E-state index in [1.807, 2.05) is 0 Å². The highest BCUT2D eigenvalue weighted by Gasteiger charge is 2.36. The number of carbonyl (C=O) groups excluding carboxylic acids is 2. The van der Waals surface area contributed by atoms with Gasteiger partial charge in [-0.1, -0.05) is 24.3 Å². The van der Waals surface area contributed by atoms with Crippen LogP contribution >= 0.6 is 0 Å². The summed E-state index contributed by atoms with van der Waals surface area (Å²) in [7, 11) is 0. The van der Waals surface area contributed by atoms with Gasteiger partial charge < -0.3 is 5.32 Å². The summed E-state index contributed by atoms with van der Waals surface area (Å²) < 4.78 is 0. The van der Waals surface area contributed by atoms with E-state index in [9.17, 15) is 9.59 Å². The third kappa shape index (κ3) is 4.77. The molecule has 0 atom stereocenters. The van der Waals surface area contributed by atoms with Gasteiger partial charge in [0.15, 0.2) is 17.1 Å². The van der Waals surface area contributed by atoms with Gasteiger partial charge in [0.25, 0.3) is 0 Å². The van der Waals surface area contributed by atoms with Crippen molar-refractivity contribution in [2.75, 3.05) is 19.6 Å². The molecule has 0 aliphatic heterocycles. The molecular formula is C14H22N2O2. The topological polar surface area (TPSA) is 58.2 Å². The molecule has 0 radical (unpaired) electrons. The third-order valence-electron chi connectivity index (χ3n) is 2.55. The monoisotopic (exact) mass is 250 g/mol. The summed E-state index contributed by atoms with van der Waals surface area (Å²) >= 11 is 0. The first-order chi connectivity index (χ1) is 8.51. The van der Waals surface area contributed by atoms with Gasteiger partial charge in [0.2, 0.25) is 0 Å². The van der Waals surface area contributed by atoms with Crippen LogP contribution in [0.3, 0.4) is 0 Å². The molecule has 0 bridgehead atoms. The van der Waals surface area contributed by atoms with Crippen LogP contribution in [0.2, 0.25) is 0 Å². The fraction of sp³-hybridized carbons (Fsp3) is 0.429. The smallest absolute Gasteiger partial charge is 0.161 e. The van der Waals surface area contributed by atoms with E-state index < -0.39 is 5.54 Å². The normalized spacial score (nSPS) is 11.4. The highest BCUT2D eigenvalue weighted by molar-refractivity contribution is 6.12. The molecule has 0 spiro atoms. The quantitative estimate of drug-likeness (QED) is 0.345. The number of carbonyl (C=O) groups is 2. The molecular weight excluding hydrogens is 228 g/mol. The van der Waals surface area contributed by atoms with E-state index in [-0.39, 0.29) is 11.6 Å². The maximum atomic E-state index is 11.7. The Hall–Kier alpha value is -1.52. The van der Waals surface area contributed by atoms with Crippen molar-refractivity contribution in [3.8, 4) is 0 Å². The molecule has 0 saturated carbocycles. The number of hydrogen-bond donors (Lipinski definition) is 2. The molecule has 0 aliphatic carbocycles. The molecule has 4 nitrogen and oxygen atoms in total. The minimum atomic E-state index is -1.25. The van der Waals surface area contributed by atoms with E-state index in [0.717, 1.165) is 0 Å². The van der Waals surface area contributed by atoms with E-state index in [4.69, 9.17) is 0 Å². The van der Waals surface area contributed by atoms with Gasteiger partial charge in [-0.25, -0.2) is 0 Å². The molecule has 2 N–H and O–H groups in total. The van der Waals surface area contributed by atoms with Crippen LogP contribution in [0.4, 0.5) is 0 Å². The summed E-state index contributed by atoms with van der Waals surface area (Å²) in [6.45, 7) is 11.6. The molecule has 100 valence electrons. The Balaban J connectivity index is 4.82. The molecule has 0 aromatic rings. The maximum Gasteiger partial charge on any atom is 0.161 e. The number of Topliss-reactive ketones (excluding diaryl/α,β-unsaturated/α-hetero) is 2. The van der Waals surface area contributed by atoms with E-state index in [1.165, 1.54) is 13.8 Å². The van der Waals surface area contributed by atoms with Crippen LogP contribution in [0.25, 0.3) is 0 Å². The molecule has 18 heavy (non-hydrogen) atoms. The summed E-state index contributed by atoms with van der Waals surface area (Å²) in [6.07, 6.45) is 6.73. The fourth-order valence-corrected chi connectivity index (χ4v) is 1.53. The standard InChI is InChI=1S/C14H22N2O2/c1-5-9-15-11-7-8-14(12(3)17,13(4)18)16-10-6-2/h5-8,15-16H,1-2,9-11H2,3-4H3.